The molecule has 1 aromatic rings. The topological polar surface area (TPSA) is 24.1 Å². The van der Waals surface area contributed by atoms with E-state index in [4.69, 9.17) is 12.2 Å². The maximum atomic E-state index is 5.27. The minimum absolute atomic E-state index is 0.543. The van der Waals surface area contributed by atoms with Crippen LogP contribution in [0.25, 0.3) is 0 Å². The Kier molecular flexibility index (Phi) is 2.56. The van der Waals surface area contributed by atoms with Crippen LogP contribution in [0, 0.1) is 0 Å². The molecule has 0 spiro atoms. The molecule has 0 heterocycles. The summed E-state index contributed by atoms with van der Waals surface area (Å²) in [4.78, 5) is 0. The molecule has 2 atom stereocenters. The van der Waals surface area contributed by atoms with E-state index in [0.717, 1.165) is 5.11 Å². The third-order valence-corrected chi connectivity index (χ3v) is 3.48. The molecule has 3 heteroatoms. The van der Waals surface area contributed by atoms with Crippen molar-refractivity contribution in [1.82, 2.24) is 10.6 Å². The fraction of sp³-hybridized carbons (Fsp3) is 0.462. The Morgan fingerprint density at radius 1 is 1.12 bits per heavy atom. The maximum Gasteiger partial charge on any atom is 0.166 e. The molecule has 1 aromatic carbocycles. The van der Waals surface area contributed by atoms with Gasteiger partial charge in [0.15, 0.2) is 5.11 Å². The Hall–Kier alpha value is -1.09. The summed E-state index contributed by atoms with van der Waals surface area (Å²) in [7, 11) is 0. The van der Waals surface area contributed by atoms with E-state index in [1.807, 2.05) is 0 Å². The first-order valence-corrected chi connectivity index (χ1v) is 6.36. The summed E-state index contributed by atoms with van der Waals surface area (Å²) in [5, 5.41) is 7.55. The number of rotatable bonds is 3. The van der Waals surface area contributed by atoms with Crippen LogP contribution in [0.4, 0.5) is 0 Å². The summed E-state index contributed by atoms with van der Waals surface area (Å²) in [6.45, 7) is 0. The first kappa shape index (κ1) is 10.1. The van der Waals surface area contributed by atoms with Crippen molar-refractivity contribution >= 4 is 17.3 Å². The molecule has 0 aliphatic heterocycles. The molecule has 2 nitrogen and oxygen atoms in total. The number of nitrogens with one attached hydrogen (secondary N) is 2. The van der Waals surface area contributed by atoms with Crippen LogP contribution in [0.15, 0.2) is 30.3 Å². The highest BCUT2D eigenvalue weighted by atomic mass is 32.1. The van der Waals surface area contributed by atoms with Gasteiger partial charge in [0.1, 0.15) is 0 Å². The molecule has 2 fully saturated rings. The fourth-order valence-corrected chi connectivity index (χ4v) is 2.36. The lowest BCUT2D eigenvalue weighted by Gasteiger charge is -2.09. The first-order valence-electron chi connectivity index (χ1n) is 5.95. The predicted molar refractivity (Wildman–Crippen MR) is 69.5 cm³/mol. The van der Waals surface area contributed by atoms with Gasteiger partial charge in [0.2, 0.25) is 0 Å². The summed E-state index contributed by atoms with van der Waals surface area (Å²) in [6, 6.07) is 11.9. The standard InChI is InChI=1S/C13H16N2S/c16-13(14-10-6-7-10)15-12-8-11(12)9-4-2-1-3-5-9/h1-5,10-12H,6-8H2,(H2,14,15,16). The van der Waals surface area contributed by atoms with Crippen LogP contribution in [-0.2, 0) is 0 Å². The van der Waals surface area contributed by atoms with Crippen LogP contribution in [-0.4, -0.2) is 17.2 Å². The number of benzene rings is 1. The highest BCUT2D eigenvalue weighted by Crippen LogP contribution is 2.40. The largest absolute Gasteiger partial charge is 0.360 e. The molecule has 2 saturated carbocycles. The van der Waals surface area contributed by atoms with Crippen molar-refractivity contribution in [2.75, 3.05) is 0 Å². The Morgan fingerprint density at radius 3 is 2.56 bits per heavy atom. The quantitative estimate of drug-likeness (QED) is 0.781. The van der Waals surface area contributed by atoms with Gasteiger partial charge in [-0.15, -0.1) is 0 Å². The molecule has 2 aliphatic rings. The van der Waals surface area contributed by atoms with Crippen molar-refractivity contribution < 1.29 is 0 Å². The number of thiocarbonyl (C=S) groups is 1. The lowest BCUT2D eigenvalue weighted by atomic mass is 10.1. The van der Waals surface area contributed by atoms with Gasteiger partial charge in [-0.1, -0.05) is 30.3 Å². The van der Waals surface area contributed by atoms with E-state index in [9.17, 15) is 0 Å². The summed E-state index contributed by atoms with van der Waals surface area (Å²) in [5.74, 6) is 0.653. The Balaban J connectivity index is 1.50. The number of hydrogen-bond donors (Lipinski definition) is 2. The van der Waals surface area contributed by atoms with Crippen LogP contribution in [0.5, 0.6) is 0 Å². The molecule has 2 aliphatic carbocycles. The van der Waals surface area contributed by atoms with Gasteiger partial charge in [0.05, 0.1) is 0 Å². The van der Waals surface area contributed by atoms with Gasteiger partial charge in [-0.3, -0.25) is 0 Å². The molecule has 2 unspecified atom stereocenters. The molecule has 0 radical (unpaired) electrons. The lowest BCUT2D eigenvalue weighted by Crippen LogP contribution is -2.38. The molecule has 2 N–H and O–H groups in total. The molecule has 16 heavy (non-hydrogen) atoms. The van der Waals surface area contributed by atoms with Crippen LogP contribution in [0.1, 0.15) is 30.7 Å². The number of hydrogen-bond acceptors (Lipinski definition) is 1. The van der Waals surface area contributed by atoms with Crippen LogP contribution in [0.2, 0.25) is 0 Å². The van der Waals surface area contributed by atoms with E-state index < -0.39 is 0 Å². The second-order valence-electron chi connectivity index (χ2n) is 4.75. The van der Waals surface area contributed by atoms with Crippen LogP contribution < -0.4 is 10.6 Å². The SMILES string of the molecule is S=C(NC1CC1)NC1CC1c1ccccc1. The van der Waals surface area contributed by atoms with Gasteiger partial charge in [0, 0.05) is 18.0 Å². The third-order valence-electron chi connectivity index (χ3n) is 3.25. The molecule has 0 aromatic heterocycles. The van der Waals surface area contributed by atoms with E-state index in [-0.39, 0.29) is 0 Å². The van der Waals surface area contributed by atoms with Crippen LogP contribution in [0.3, 0.4) is 0 Å². The van der Waals surface area contributed by atoms with Crippen molar-refractivity contribution in [2.24, 2.45) is 0 Å². The zero-order valence-electron chi connectivity index (χ0n) is 9.15. The Labute approximate surface area is 101 Å². The van der Waals surface area contributed by atoms with Crippen LogP contribution >= 0.6 is 12.2 Å². The second kappa shape index (κ2) is 4.06. The lowest BCUT2D eigenvalue weighted by molar-refractivity contribution is 0.808. The van der Waals surface area contributed by atoms with Gasteiger partial charge in [0.25, 0.3) is 0 Å². The highest BCUT2D eigenvalue weighted by molar-refractivity contribution is 7.80. The Morgan fingerprint density at radius 2 is 1.88 bits per heavy atom. The molecular formula is C13H16N2S. The minimum Gasteiger partial charge on any atom is -0.360 e. The van der Waals surface area contributed by atoms with Crippen molar-refractivity contribution in [3.05, 3.63) is 35.9 Å². The van der Waals surface area contributed by atoms with Crippen molar-refractivity contribution in [3.8, 4) is 0 Å². The average molecular weight is 232 g/mol. The smallest absolute Gasteiger partial charge is 0.166 e. The van der Waals surface area contributed by atoms with E-state index in [1.165, 1.54) is 24.8 Å². The highest BCUT2D eigenvalue weighted by Gasteiger charge is 2.39. The zero-order chi connectivity index (χ0) is 11.0. The van der Waals surface area contributed by atoms with Gasteiger partial charge in [-0.05, 0) is 37.0 Å². The average Bonchev–Trinajstić information content (AvgIpc) is 3.16. The predicted octanol–water partition coefficient (Wildman–Crippen LogP) is 2.17. The van der Waals surface area contributed by atoms with Gasteiger partial charge in [-0.2, -0.15) is 0 Å². The molecule has 0 amide bonds. The van der Waals surface area contributed by atoms with E-state index in [2.05, 4.69) is 41.0 Å². The monoisotopic (exact) mass is 232 g/mol. The fourth-order valence-electron chi connectivity index (χ4n) is 2.05. The molecule has 3 rings (SSSR count). The van der Waals surface area contributed by atoms with Crippen molar-refractivity contribution in [2.45, 2.75) is 37.3 Å². The van der Waals surface area contributed by atoms with Gasteiger partial charge < -0.3 is 10.6 Å². The van der Waals surface area contributed by atoms with Gasteiger partial charge >= 0.3 is 0 Å². The van der Waals surface area contributed by atoms with E-state index >= 15 is 0 Å². The van der Waals surface area contributed by atoms with E-state index in [1.54, 1.807) is 0 Å². The minimum atomic E-state index is 0.543. The summed E-state index contributed by atoms with van der Waals surface area (Å²) in [6.07, 6.45) is 3.75. The molecule has 0 saturated heterocycles. The summed E-state index contributed by atoms with van der Waals surface area (Å²) < 4.78 is 0. The molecule has 84 valence electrons. The first-order chi connectivity index (χ1) is 7.83. The molecule has 0 bridgehead atoms. The van der Waals surface area contributed by atoms with Crippen molar-refractivity contribution in [3.63, 3.8) is 0 Å². The van der Waals surface area contributed by atoms with Crippen molar-refractivity contribution in [1.29, 1.82) is 0 Å². The van der Waals surface area contributed by atoms with Gasteiger partial charge in [-0.25, -0.2) is 0 Å². The Bertz CT molecular complexity index is 386. The zero-order valence-corrected chi connectivity index (χ0v) is 9.96. The normalized spacial score (nSPS) is 27.2. The summed E-state index contributed by atoms with van der Waals surface area (Å²) in [5.41, 5.74) is 1.43. The van der Waals surface area contributed by atoms with E-state index in [0.29, 0.717) is 18.0 Å². The summed E-state index contributed by atoms with van der Waals surface area (Å²) >= 11 is 5.27. The second-order valence-corrected chi connectivity index (χ2v) is 5.16. The third kappa shape index (κ3) is 2.35. The maximum absolute atomic E-state index is 5.27. The molecular weight excluding hydrogens is 216 g/mol.